The molecule has 3 amide bonds. The topological polar surface area (TPSA) is 126 Å². The Morgan fingerprint density at radius 2 is 1.77 bits per heavy atom. The summed E-state index contributed by atoms with van der Waals surface area (Å²) in [6.45, 7) is -0.530. The smallest absolute Gasteiger partial charge is 0.294 e. The molecule has 3 aromatic rings. The van der Waals surface area contributed by atoms with Gasteiger partial charge in [0, 0.05) is 5.69 Å². The third-order valence-electron chi connectivity index (χ3n) is 4.81. The summed E-state index contributed by atoms with van der Waals surface area (Å²) in [5.41, 5.74) is 0.823. The highest BCUT2D eigenvalue weighted by Crippen LogP contribution is 2.32. The Balaban J connectivity index is 1.35. The molecule has 2 N–H and O–H groups in total. The first-order chi connectivity index (χ1) is 16.7. The van der Waals surface area contributed by atoms with Gasteiger partial charge in [-0.1, -0.05) is 12.1 Å². The van der Waals surface area contributed by atoms with Gasteiger partial charge in [0.05, 0.1) is 22.6 Å². The second-order valence-corrected chi connectivity index (χ2v) is 10.1. The highest BCUT2D eigenvalue weighted by atomic mass is 32.2. The summed E-state index contributed by atoms with van der Waals surface area (Å²) < 4.78 is 45.3. The molecule has 0 radical (unpaired) electrons. The van der Waals surface area contributed by atoms with Gasteiger partial charge in [-0.25, -0.2) is 17.5 Å². The molecule has 0 atom stereocenters. The Labute approximate surface area is 204 Å². The summed E-state index contributed by atoms with van der Waals surface area (Å²) in [4.78, 5) is 38.1. The van der Waals surface area contributed by atoms with Crippen LogP contribution in [0.2, 0.25) is 0 Å². The maximum atomic E-state index is 13.1. The van der Waals surface area contributed by atoms with E-state index in [-0.39, 0.29) is 22.0 Å². The van der Waals surface area contributed by atoms with Gasteiger partial charge in [-0.15, -0.1) is 0 Å². The summed E-state index contributed by atoms with van der Waals surface area (Å²) in [6.07, 6.45) is 2.88. The van der Waals surface area contributed by atoms with Gasteiger partial charge in [0.1, 0.15) is 18.1 Å². The number of rotatable bonds is 8. The second kappa shape index (κ2) is 10.3. The molecule has 12 heteroatoms. The standard InChI is InChI=1S/C23H18FN3O6S2/c24-16-5-3-15(4-6-16)12-20-22(29)27(23(30)34-20)14-21(28)26-17-7-9-19(10-8-17)35(31,32)25-13-18-2-1-11-33-18/h1-12,25H,13-14H2,(H,26,28)/b20-12-. The Bertz CT molecular complexity index is 1390. The van der Waals surface area contributed by atoms with E-state index in [1.54, 1.807) is 12.1 Å². The summed E-state index contributed by atoms with van der Waals surface area (Å²) in [7, 11) is -3.80. The summed E-state index contributed by atoms with van der Waals surface area (Å²) >= 11 is 0.682. The zero-order valence-electron chi connectivity index (χ0n) is 17.9. The average Bonchev–Trinajstić information content (AvgIpc) is 3.44. The number of sulfonamides is 1. The lowest BCUT2D eigenvalue weighted by molar-refractivity contribution is -0.127. The molecule has 0 unspecified atom stereocenters. The highest BCUT2D eigenvalue weighted by molar-refractivity contribution is 8.18. The Morgan fingerprint density at radius 3 is 2.43 bits per heavy atom. The van der Waals surface area contributed by atoms with E-state index in [4.69, 9.17) is 4.42 Å². The maximum Gasteiger partial charge on any atom is 0.294 e. The van der Waals surface area contributed by atoms with Gasteiger partial charge in [0.2, 0.25) is 15.9 Å². The monoisotopic (exact) mass is 515 g/mol. The number of benzene rings is 2. The number of thioether (sulfide) groups is 1. The fourth-order valence-corrected chi connectivity index (χ4v) is 4.90. The number of imide groups is 1. The number of carbonyl (C=O) groups is 3. The minimum absolute atomic E-state index is 0.0126. The van der Waals surface area contributed by atoms with E-state index in [9.17, 15) is 27.2 Å². The van der Waals surface area contributed by atoms with Crippen LogP contribution in [-0.2, 0) is 26.2 Å². The number of furan rings is 1. The van der Waals surface area contributed by atoms with Crippen LogP contribution in [0.3, 0.4) is 0 Å². The lowest BCUT2D eigenvalue weighted by Gasteiger charge is -2.13. The summed E-state index contributed by atoms with van der Waals surface area (Å²) in [5, 5.41) is 1.92. The zero-order chi connectivity index (χ0) is 25.0. The lowest BCUT2D eigenvalue weighted by Crippen LogP contribution is -2.36. The van der Waals surface area contributed by atoms with Crippen LogP contribution in [0, 0.1) is 5.82 Å². The predicted octanol–water partition coefficient (Wildman–Crippen LogP) is 3.57. The van der Waals surface area contributed by atoms with Gasteiger partial charge in [-0.2, -0.15) is 0 Å². The average molecular weight is 516 g/mol. The largest absolute Gasteiger partial charge is 0.468 e. The predicted molar refractivity (Wildman–Crippen MR) is 127 cm³/mol. The molecule has 1 aliphatic heterocycles. The van der Waals surface area contributed by atoms with Crippen LogP contribution in [0.5, 0.6) is 0 Å². The van der Waals surface area contributed by atoms with E-state index in [0.717, 1.165) is 4.90 Å². The van der Waals surface area contributed by atoms with Crippen molar-refractivity contribution < 1.29 is 31.6 Å². The Hall–Kier alpha value is -3.74. The van der Waals surface area contributed by atoms with Crippen molar-refractivity contribution in [3.63, 3.8) is 0 Å². The molecule has 1 aromatic heterocycles. The molecular weight excluding hydrogens is 497 g/mol. The molecule has 2 heterocycles. The maximum absolute atomic E-state index is 13.1. The van der Waals surface area contributed by atoms with Gasteiger partial charge in [-0.3, -0.25) is 19.3 Å². The number of halogens is 1. The fourth-order valence-electron chi connectivity index (χ4n) is 3.07. The first-order valence-corrected chi connectivity index (χ1v) is 12.4. The number of hydrogen-bond donors (Lipinski definition) is 2. The van der Waals surface area contributed by atoms with E-state index >= 15 is 0 Å². The number of nitrogens with one attached hydrogen (secondary N) is 2. The van der Waals surface area contributed by atoms with E-state index in [1.165, 1.54) is 60.9 Å². The van der Waals surface area contributed by atoms with Crippen LogP contribution in [-0.4, -0.2) is 36.9 Å². The fraction of sp³-hybridized carbons (Fsp3) is 0.0870. The molecule has 2 aromatic carbocycles. The van der Waals surface area contributed by atoms with Gasteiger partial charge in [0.25, 0.3) is 11.1 Å². The third kappa shape index (κ3) is 6.04. The minimum atomic E-state index is -3.80. The molecule has 1 fully saturated rings. The molecular formula is C23H18FN3O6S2. The van der Waals surface area contributed by atoms with E-state index in [2.05, 4.69) is 10.0 Å². The zero-order valence-corrected chi connectivity index (χ0v) is 19.6. The van der Waals surface area contributed by atoms with Gasteiger partial charge in [0.15, 0.2) is 0 Å². The Morgan fingerprint density at radius 1 is 1.06 bits per heavy atom. The van der Waals surface area contributed by atoms with Gasteiger partial charge < -0.3 is 9.73 Å². The van der Waals surface area contributed by atoms with Crippen LogP contribution < -0.4 is 10.0 Å². The van der Waals surface area contributed by atoms with Crippen molar-refractivity contribution in [3.8, 4) is 0 Å². The third-order valence-corrected chi connectivity index (χ3v) is 7.13. The molecule has 4 rings (SSSR count). The molecule has 35 heavy (non-hydrogen) atoms. The molecule has 0 bridgehead atoms. The first kappa shape index (κ1) is 24.4. The van der Waals surface area contributed by atoms with E-state index in [0.29, 0.717) is 23.1 Å². The number of nitrogens with zero attached hydrogens (tertiary/aromatic N) is 1. The van der Waals surface area contributed by atoms with Gasteiger partial charge >= 0.3 is 0 Å². The van der Waals surface area contributed by atoms with Crippen molar-refractivity contribution in [2.75, 3.05) is 11.9 Å². The molecule has 1 saturated heterocycles. The SMILES string of the molecule is O=C(CN1C(=O)S/C(=C\c2ccc(F)cc2)C1=O)Nc1ccc(S(=O)(=O)NCc2ccco2)cc1. The van der Waals surface area contributed by atoms with Crippen molar-refractivity contribution in [2.45, 2.75) is 11.4 Å². The van der Waals surface area contributed by atoms with Crippen LogP contribution in [0.25, 0.3) is 6.08 Å². The molecule has 180 valence electrons. The Kier molecular flexibility index (Phi) is 7.15. The quantitative estimate of drug-likeness (QED) is 0.439. The summed E-state index contributed by atoms with van der Waals surface area (Å²) in [6, 6.07) is 14.1. The number of anilines is 1. The number of carbonyl (C=O) groups excluding carboxylic acids is 3. The van der Waals surface area contributed by atoms with Crippen molar-refractivity contribution in [1.29, 1.82) is 0 Å². The van der Waals surface area contributed by atoms with Crippen LogP contribution >= 0.6 is 11.8 Å². The lowest BCUT2D eigenvalue weighted by atomic mass is 10.2. The number of amides is 3. The van der Waals surface area contributed by atoms with Crippen molar-refractivity contribution in [3.05, 3.63) is 89.0 Å². The molecule has 0 spiro atoms. The van der Waals surface area contributed by atoms with E-state index in [1.807, 2.05) is 0 Å². The van der Waals surface area contributed by atoms with E-state index < -0.39 is 39.4 Å². The van der Waals surface area contributed by atoms with Crippen molar-refractivity contribution in [2.24, 2.45) is 0 Å². The van der Waals surface area contributed by atoms with Crippen molar-refractivity contribution in [1.82, 2.24) is 9.62 Å². The van der Waals surface area contributed by atoms with Crippen LogP contribution in [0.1, 0.15) is 11.3 Å². The first-order valence-electron chi connectivity index (χ1n) is 10.1. The van der Waals surface area contributed by atoms with Crippen LogP contribution in [0.4, 0.5) is 14.9 Å². The highest BCUT2D eigenvalue weighted by Gasteiger charge is 2.36. The molecule has 0 saturated carbocycles. The van der Waals surface area contributed by atoms with Crippen molar-refractivity contribution >= 4 is 50.6 Å². The molecule has 9 nitrogen and oxygen atoms in total. The second-order valence-electron chi connectivity index (χ2n) is 7.30. The normalized spacial score (nSPS) is 15.1. The summed E-state index contributed by atoms with van der Waals surface area (Å²) in [5.74, 6) is -1.24. The number of hydrogen-bond acceptors (Lipinski definition) is 7. The van der Waals surface area contributed by atoms with Gasteiger partial charge in [-0.05, 0) is 71.9 Å². The van der Waals surface area contributed by atoms with Crippen LogP contribution in [0.15, 0.2) is 81.1 Å². The molecule has 0 aliphatic carbocycles. The molecule has 1 aliphatic rings. The minimum Gasteiger partial charge on any atom is -0.468 e.